The number of hydrogen-bond acceptors (Lipinski definition) is 5. The summed E-state index contributed by atoms with van der Waals surface area (Å²) in [7, 11) is 0. The molecule has 25 heavy (non-hydrogen) atoms. The Morgan fingerprint density at radius 1 is 1.36 bits per heavy atom. The van der Waals surface area contributed by atoms with E-state index < -0.39 is 11.8 Å². The van der Waals surface area contributed by atoms with Crippen LogP contribution in [0.4, 0.5) is 5.69 Å². The van der Waals surface area contributed by atoms with Gasteiger partial charge in [0, 0.05) is 24.8 Å². The lowest BCUT2D eigenvalue weighted by Crippen LogP contribution is -2.41. The van der Waals surface area contributed by atoms with Crippen molar-refractivity contribution in [1.29, 1.82) is 5.26 Å². The zero-order valence-electron chi connectivity index (χ0n) is 15.2. The summed E-state index contributed by atoms with van der Waals surface area (Å²) in [4.78, 5) is 25.2. The SMILES string of the molecule is CCN(CCC#N)c1ccc(/C=N\NC(=O)C(=O)NC(C)C)c(C)c1. The fourth-order valence-corrected chi connectivity index (χ4v) is 2.20. The highest BCUT2D eigenvalue weighted by molar-refractivity contribution is 6.35. The molecule has 7 heteroatoms. The van der Waals surface area contributed by atoms with Crippen molar-refractivity contribution in [2.75, 3.05) is 18.0 Å². The Morgan fingerprint density at radius 3 is 2.64 bits per heavy atom. The molecule has 0 aliphatic heterocycles. The minimum absolute atomic E-state index is 0.112. The Morgan fingerprint density at radius 2 is 2.08 bits per heavy atom. The van der Waals surface area contributed by atoms with E-state index in [-0.39, 0.29) is 6.04 Å². The molecule has 0 spiro atoms. The summed E-state index contributed by atoms with van der Waals surface area (Å²) in [6.45, 7) is 9.03. The maximum absolute atomic E-state index is 11.6. The molecule has 0 saturated carbocycles. The molecule has 1 aromatic carbocycles. The van der Waals surface area contributed by atoms with Gasteiger partial charge in [0.1, 0.15) is 0 Å². The van der Waals surface area contributed by atoms with E-state index in [0.717, 1.165) is 23.4 Å². The summed E-state index contributed by atoms with van der Waals surface area (Å²) in [6.07, 6.45) is 1.98. The van der Waals surface area contributed by atoms with Crippen LogP contribution in [0.1, 0.15) is 38.3 Å². The van der Waals surface area contributed by atoms with Gasteiger partial charge in [0.15, 0.2) is 0 Å². The molecule has 1 aromatic rings. The fraction of sp³-hybridized carbons (Fsp3) is 0.444. The molecule has 0 aromatic heterocycles. The Bertz CT molecular complexity index is 677. The Hall–Kier alpha value is -2.88. The van der Waals surface area contributed by atoms with Crippen LogP contribution < -0.4 is 15.6 Å². The standard InChI is InChI=1S/C18H25N5O2/c1-5-23(10-6-9-19)16-8-7-15(14(4)11-16)12-20-22-18(25)17(24)21-13(2)3/h7-8,11-13H,5-6,10H2,1-4H3,(H,21,24)(H,22,25)/b20-12-. The maximum Gasteiger partial charge on any atom is 0.329 e. The zero-order chi connectivity index (χ0) is 18.8. The average Bonchev–Trinajstić information content (AvgIpc) is 2.56. The molecule has 0 unspecified atom stereocenters. The Labute approximate surface area is 148 Å². The van der Waals surface area contributed by atoms with Crippen LogP contribution in [0.3, 0.4) is 0 Å². The van der Waals surface area contributed by atoms with Crippen molar-refractivity contribution in [3.63, 3.8) is 0 Å². The number of nitrogens with one attached hydrogen (secondary N) is 2. The van der Waals surface area contributed by atoms with Gasteiger partial charge in [-0.1, -0.05) is 6.07 Å². The molecule has 0 aliphatic rings. The van der Waals surface area contributed by atoms with Crippen LogP contribution in [-0.2, 0) is 9.59 Å². The second-order valence-electron chi connectivity index (χ2n) is 5.86. The van der Waals surface area contributed by atoms with E-state index in [1.165, 1.54) is 6.21 Å². The van der Waals surface area contributed by atoms with E-state index in [2.05, 4.69) is 26.8 Å². The predicted molar refractivity (Wildman–Crippen MR) is 98.3 cm³/mol. The van der Waals surface area contributed by atoms with Crippen molar-refractivity contribution in [2.45, 2.75) is 40.2 Å². The van der Waals surface area contributed by atoms with Crippen LogP contribution in [0.5, 0.6) is 0 Å². The topological polar surface area (TPSA) is 97.6 Å². The fourth-order valence-electron chi connectivity index (χ4n) is 2.20. The minimum atomic E-state index is -0.798. The second kappa shape index (κ2) is 10.1. The van der Waals surface area contributed by atoms with Crippen molar-refractivity contribution >= 4 is 23.7 Å². The molecule has 0 aliphatic carbocycles. The highest BCUT2D eigenvalue weighted by Crippen LogP contribution is 2.18. The van der Waals surface area contributed by atoms with Gasteiger partial charge in [-0.15, -0.1) is 0 Å². The zero-order valence-corrected chi connectivity index (χ0v) is 15.2. The molecule has 0 atom stereocenters. The van der Waals surface area contributed by atoms with E-state index in [9.17, 15) is 9.59 Å². The molecule has 0 heterocycles. The smallest absolute Gasteiger partial charge is 0.329 e. The first-order chi connectivity index (χ1) is 11.9. The summed E-state index contributed by atoms with van der Waals surface area (Å²) >= 11 is 0. The second-order valence-corrected chi connectivity index (χ2v) is 5.86. The van der Waals surface area contributed by atoms with E-state index in [4.69, 9.17) is 5.26 Å². The third-order valence-corrected chi connectivity index (χ3v) is 3.49. The number of carbonyl (C=O) groups is 2. The van der Waals surface area contributed by atoms with Gasteiger partial charge in [-0.05, 0) is 51.0 Å². The third-order valence-electron chi connectivity index (χ3n) is 3.49. The van der Waals surface area contributed by atoms with Gasteiger partial charge in [0.2, 0.25) is 0 Å². The van der Waals surface area contributed by atoms with Crippen LogP contribution >= 0.6 is 0 Å². The molecule has 1 rings (SSSR count). The number of nitriles is 1. The highest BCUT2D eigenvalue weighted by Gasteiger charge is 2.13. The van der Waals surface area contributed by atoms with Crippen molar-refractivity contribution in [1.82, 2.24) is 10.7 Å². The van der Waals surface area contributed by atoms with Crippen LogP contribution in [-0.4, -0.2) is 37.2 Å². The number of amides is 2. The lowest BCUT2D eigenvalue weighted by Gasteiger charge is -2.22. The molecule has 2 amide bonds. The third kappa shape index (κ3) is 6.63. The summed E-state index contributed by atoms with van der Waals surface area (Å²) < 4.78 is 0. The van der Waals surface area contributed by atoms with Gasteiger partial charge < -0.3 is 10.2 Å². The molecule has 0 saturated heterocycles. The largest absolute Gasteiger partial charge is 0.371 e. The van der Waals surface area contributed by atoms with Crippen molar-refractivity contribution in [3.05, 3.63) is 29.3 Å². The van der Waals surface area contributed by atoms with E-state index in [1.807, 2.05) is 32.0 Å². The van der Waals surface area contributed by atoms with Gasteiger partial charge in [0.25, 0.3) is 0 Å². The molecule has 0 radical (unpaired) electrons. The van der Waals surface area contributed by atoms with Crippen LogP contribution in [0.15, 0.2) is 23.3 Å². The predicted octanol–water partition coefficient (Wildman–Crippen LogP) is 1.71. The van der Waals surface area contributed by atoms with Crippen molar-refractivity contribution in [3.8, 4) is 6.07 Å². The number of nitrogens with zero attached hydrogens (tertiary/aromatic N) is 3. The Kier molecular flexibility index (Phi) is 8.13. The van der Waals surface area contributed by atoms with E-state index in [1.54, 1.807) is 13.8 Å². The number of aryl methyl sites for hydroxylation is 1. The molecular formula is C18H25N5O2. The number of hydrogen-bond donors (Lipinski definition) is 2. The lowest BCUT2D eigenvalue weighted by molar-refractivity contribution is -0.139. The molecule has 2 N–H and O–H groups in total. The minimum Gasteiger partial charge on any atom is -0.371 e. The quantitative estimate of drug-likeness (QED) is 0.447. The van der Waals surface area contributed by atoms with Crippen molar-refractivity contribution < 1.29 is 9.59 Å². The average molecular weight is 343 g/mol. The Balaban J connectivity index is 2.73. The van der Waals surface area contributed by atoms with Gasteiger partial charge >= 0.3 is 11.8 Å². The lowest BCUT2D eigenvalue weighted by atomic mass is 10.1. The monoisotopic (exact) mass is 343 g/mol. The molecule has 134 valence electrons. The van der Waals surface area contributed by atoms with Crippen LogP contribution in [0.25, 0.3) is 0 Å². The summed E-state index contributed by atoms with van der Waals surface area (Å²) in [6, 6.07) is 7.89. The first-order valence-corrected chi connectivity index (χ1v) is 8.25. The maximum atomic E-state index is 11.6. The summed E-state index contributed by atoms with van der Waals surface area (Å²) in [5.41, 5.74) is 5.07. The summed E-state index contributed by atoms with van der Waals surface area (Å²) in [5.74, 6) is -1.51. The van der Waals surface area contributed by atoms with Crippen LogP contribution in [0, 0.1) is 18.3 Å². The van der Waals surface area contributed by atoms with E-state index in [0.29, 0.717) is 13.0 Å². The van der Waals surface area contributed by atoms with Crippen molar-refractivity contribution in [2.24, 2.45) is 5.10 Å². The number of anilines is 1. The molecule has 0 bridgehead atoms. The van der Waals surface area contributed by atoms with E-state index >= 15 is 0 Å². The van der Waals surface area contributed by atoms with Gasteiger partial charge in [0.05, 0.1) is 18.7 Å². The van der Waals surface area contributed by atoms with Gasteiger partial charge in [-0.3, -0.25) is 9.59 Å². The normalized spacial score (nSPS) is 10.6. The molecule has 0 fully saturated rings. The van der Waals surface area contributed by atoms with Crippen LogP contribution in [0.2, 0.25) is 0 Å². The summed E-state index contributed by atoms with van der Waals surface area (Å²) in [5, 5.41) is 15.1. The van der Waals surface area contributed by atoms with Gasteiger partial charge in [-0.2, -0.15) is 10.4 Å². The number of hydrazone groups is 1. The molecule has 7 nitrogen and oxygen atoms in total. The number of carbonyl (C=O) groups excluding carboxylic acids is 2. The number of benzene rings is 1. The highest BCUT2D eigenvalue weighted by atomic mass is 16.2. The number of rotatable bonds is 7. The van der Waals surface area contributed by atoms with Gasteiger partial charge in [-0.25, -0.2) is 5.43 Å². The first-order valence-electron chi connectivity index (χ1n) is 8.25. The molecular weight excluding hydrogens is 318 g/mol. The first kappa shape index (κ1) is 20.2.